The quantitative estimate of drug-likeness (QED) is 0.783. The average molecular weight is 242 g/mol. The lowest BCUT2D eigenvalue weighted by molar-refractivity contribution is 0.102. The van der Waals surface area contributed by atoms with E-state index in [1.165, 1.54) is 0 Å². The monoisotopic (exact) mass is 241 g/mol. The molecule has 0 saturated carbocycles. The second-order valence-corrected chi connectivity index (χ2v) is 4.78. The van der Waals surface area contributed by atoms with Crippen LogP contribution in [0.1, 0.15) is 13.3 Å². The molecular formula is C11H16ClN3O. The van der Waals surface area contributed by atoms with Gasteiger partial charge < -0.3 is 15.7 Å². The van der Waals surface area contributed by atoms with Crippen LogP contribution in [0.5, 0.6) is 0 Å². The van der Waals surface area contributed by atoms with Crippen LogP contribution in [0.3, 0.4) is 0 Å². The standard InChI is InChI=1S/C11H16ClN3O/c1-7-2-3-15(6-10(7)16)11-9(13)4-8(12)5-14-11/h4-5,7,10,16H,2-3,6,13H2,1H3. The van der Waals surface area contributed by atoms with Crippen molar-refractivity contribution in [2.75, 3.05) is 23.7 Å². The number of nitrogens with two attached hydrogens (primary N) is 1. The molecule has 88 valence electrons. The zero-order chi connectivity index (χ0) is 11.7. The van der Waals surface area contributed by atoms with Crippen LogP contribution in [0.25, 0.3) is 0 Å². The predicted molar refractivity (Wildman–Crippen MR) is 65.7 cm³/mol. The maximum Gasteiger partial charge on any atom is 0.151 e. The number of pyridine rings is 1. The number of aliphatic hydroxyl groups excluding tert-OH is 1. The molecule has 0 aliphatic carbocycles. The molecule has 0 radical (unpaired) electrons. The second kappa shape index (κ2) is 4.47. The van der Waals surface area contributed by atoms with E-state index in [2.05, 4.69) is 11.9 Å². The van der Waals surface area contributed by atoms with Gasteiger partial charge in [-0.3, -0.25) is 0 Å². The highest BCUT2D eigenvalue weighted by atomic mass is 35.5. The van der Waals surface area contributed by atoms with Crippen molar-refractivity contribution < 1.29 is 5.11 Å². The normalized spacial score (nSPS) is 25.8. The van der Waals surface area contributed by atoms with E-state index in [4.69, 9.17) is 17.3 Å². The number of aromatic nitrogens is 1. The van der Waals surface area contributed by atoms with Crippen molar-refractivity contribution in [2.24, 2.45) is 5.92 Å². The number of hydrogen-bond donors (Lipinski definition) is 2. The van der Waals surface area contributed by atoms with Gasteiger partial charge in [0.15, 0.2) is 5.82 Å². The molecule has 2 atom stereocenters. The molecule has 0 bridgehead atoms. The highest BCUT2D eigenvalue weighted by molar-refractivity contribution is 6.30. The molecule has 2 heterocycles. The van der Waals surface area contributed by atoms with Crippen molar-refractivity contribution in [3.8, 4) is 0 Å². The van der Waals surface area contributed by atoms with Gasteiger partial charge in [-0.25, -0.2) is 4.98 Å². The topological polar surface area (TPSA) is 62.4 Å². The Labute approximate surface area is 100 Å². The van der Waals surface area contributed by atoms with Crippen LogP contribution >= 0.6 is 11.6 Å². The van der Waals surface area contributed by atoms with Gasteiger partial charge in [-0.15, -0.1) is 0 Å². The van der Waals surface area contributed by atoms with Crippen molar-refractivity contribution in [1.82, 2.24) is 4.98 Å². The van der Waals surface area contributed by atoms with E-state index in [-0.39, 0.29) is 6.10 Å². The summed E-state index contributed by atoms with van der Waals surface area (Å²) in [5, 5.41) is 10.4. The number of halogens is 1. The Bertz CT molecular complexity index is 385. The van der Waals surface area contributed by atoms with Crippen molar-refractivity contribution >= 4 is 23.1 Å². The predicted octanol–water partition coefficient (Wildman–Crippen LogP) is 1.52. The zero-order valence-corrected chi connectivity index (χ0v) is 9.98. The number of nitrogen functional groups attached to an aromatic ring is 1. The van der Waals surface area contributed by atoms with E-state index in [0.717, 1.165) is 18.8 Å². The van der Waals surface area contributed by atoms with Crippen molar-refractivity contribution in [3.63, 3.8) is 0 Å². The number of piperidine rings is 1. The maximum atomic E-state index is 9.82. The van der Waals surface area contributed by atoms with E-state index in [1.807, 2.05) is 4.90 Å². The third-order valence-electron chi connectivity index (χ3n) is 3.08. The molecule has 2 unspecified atom stereocenters. The van der Waals surface area contributed by atoms with Gasteiger partial charge in [-0.05, 0) is 18.4 Å². The molecule has 0 spiro atoms. The average Bonchev–Trinajstić information content (AvgIpc) is 2.22. The minimum Gasteiger partial charge on any atom is -0.396 e. The summed E-state index contributed by atoms with van der Waals surface area (Å²) in [7, 11) is 0. The summed E-state index contributed by atoms with van der Waals surface area (Å²) >= 11 is 5.80. The summed E-state index contributed by atoms with van der Waals surface area (Å²) in [5.41, 5.74) is 6.43. The van der Waals surface area contributed by atoms with Crippen LogP contribution in [-0.4, -0.2) is 29.3 Å². The molecule has 4 nitrogen and oxygen atoms in total. The summed E-state index contributed by atoms with van der Waals surface area (Å²) < 4.78 is 0. The second-order valence-electron chi connectivity index (χ2n) is 4.35. The number of rotatable bonds is 1. The molecular weight excluding hydrogens is 226 g/mol. The molecule has 3 N–H and O–H groups in total. The first kappa shape index (κ1) is 11.5. The van der Waals surface area contributed by atoms with Crippen LogP contribution in [0.15, 0.2) is 12.3 Å². The van der Waals surface area contributed by atoms with E-state index < -0.39 is 0 Å². The molecule has 1 saturated heterocycles. The number of aliphatic hydroxyl groups is 1. The number of anilines is 2. The van der Waals surface area contributed by atoms with Crippen molar-refractivity contribution in [1.29, 1.82) is 0 Å². The van der Waals surface area contributed by atoms with Crippen LogP contribution in [0, 0.1) is 5.92 Å². The zero-order valence-electron chi connectivity index (χ0n) is 9.23. The van der Waals surface area contributed by atoms with Gasteiger partial charge in [0.05, 0.1) is 16.8 Å². The highest BCUT2D eigenvalue weighted by Gasteiger charge is 2.25. The van der Waals surface area contributed by atoms with Gasteiger partial charge in [0.2, 0.25) is 0 Å². The van der Waals surface area contributed by atoms with Crippen molar-refractivity contribution in [3.05, 3.63) is 17.3 Å². The van der Waals surface area contributed by atoms with E-state index >= 15 is 0 Å². The van der Waals surface area contributed by atoms with Gasteiger partial charge in [0.25, 0.3) is 0 Å². The molecule has 2 rings (SSSR count). The first-order chi connectivity index (χ1) is 7.58. The summed E-state index contributed by atoms with van der Waals surface area (Å²) in [4.78, 5) is 6.23. The number of nitrogens with zero attached hydrogens (tertiary/aromatic N) is 2. The molecule has 16 heavy (non-hydrogen) atoms. The van der Waals surface area contributed by atoms with Crippen molar-refractivity contribution in [2.45, 2.75) is 19.4 Å². The fourth-order valence-corrected chi connectivity index (χ4v) is 2.12. The third-order valence-corrected chi connectivity index (χ3v) is 3.29. The SMILES string of the molecule is CC1CCN(c2ncc(Cl)cc2N)CC1O. The molecule has 5 heteroatoms. The summed E-state index contributed by atoms with van der Waals surface area (Å²) in [5.74, 6) is 1.06. The first-order valence-electron chi connectivity index (χ1n) is 5.42. The first-order valence-corrected chi connectivity index (χ1v) is 5.79. The lowest BCUT2D eigenvalue weighted by Crippen LogP contribution is -2.43. The van der Waals surface area contributed by atoms with Crippen LogP contribution in [-0.2, 0) is 0 Å². The van der Waals surface area contributed by atoms with E-state index in [9.17, 15) is 5.11 Å². The van der Waals surface area contributed by atoms with E-state index in [1.54, 1.807) is 12.3 Å². The maximum absolute atomic E-state index is 9.82. The van der Waals surface area contributed by atoms with Gasteiger partial charge in [0, 0.05) is 19.3 Å². The summed E-state index contributed by atoms with van der Waals surface area (Å²) in [6.45, 7) is 3.51. The van der Waals surface area contributed by atoms with Gasteiger partial charge in [-0.1, -0.05) is 18.5 Å². The Morgan fingerprint density at radius 3 is 3.00 bits per heavy atom. The third kappa shape index (κ3) is 2.23. The number of β-amino-alcohol motifs (C(OH)–C–C–N with tert-alkyl or cyclic N) is 1. The Morgan fingerprint density at radius 2 is 2.38 bits per heavy atom. The smallest absolute Gasteiger partial charge is 0.151 e. The largest absolute Gasteiger partial charge is 0.396 e. The van der Waals surface area contributed by atoms with Crippen LogP contribution in [0.2, 0.25) is 5.02 Å². The molecule has 1 fully saturated rings. The Morgan fingerprint density at radius 1 is 1.62 bits per heavy atom. The molecule has 1 aliphatic heterocycles. The fourth-order valence-electron chi connectivity index (χ4n) is 1.95. The molecule has 1 aromatic rings. The number of hydrogen-bond acceptors (Lipinski definition) is 4. The molecule has 0 amide bonds. The Kier molecular flexibility index (Phi) is 3.21. The van der Waals surface area contributed by atoms with Crippen LogP contribution < -0.4 is 10.6 Å². The lowest BCUT2D eigenvalue weighted by Gasteiger charge is -2.35. The minimum atomic E-state index is -0.314. The molecule has 1 aliphatic rings. The van der Waals surface area contributed by atoms with Gasteiger partial charge >= 0.3 is 0 Å². The molecule has 1 aromatic heterocycles. The fraction of sp³-hybridized carbons (Fsp3) is 0.545. The summed E-state index contributed by atoms with van der Waals surface area (Å²) in [6, 6.07) is 1.69. The lowest BCUT2D eigenvalue weighted by atomic mass is 9.96. The molecule has 0 aromatic carbocycles. The Hall–Kier alpha value is -1.00. The highest BCUT2D eigenvalue weighted by Crippen LogP contribution is 2.27. The minimum absolute atomic E-state index is 0.314. The van der Waals surface area contributed by atoms with Gasteiger partial charge in [-0.2, -0.15) is 0 Å². The van der Waals surface area contributed by atoms with Crippen LogP contribution in [0.4, 0.5) is 11.5 Å². The van der Waals surface area contributed by atoms with Gasteiger partial charge in [0.1, 0.15) is 0 Å². The van der Waals surface area contributed by atoms with E-state index in [0.29, 0.717) is 23.2 Å². The summed E-state index contributed by atoms with van der Waals surface area (Å²) in [6.07, 6.45) is 2.22. The Balaban J connectivity index is 2.18.